The molecule has 0 saturated heterocycles. The van der Waals surface area contributed by atoms with Crippen LogP contribution in [0.1, 0.15) is 50.7 Å². The van der Waals surface area contributed by atoms with E-state index in [1.54, 1.807) is 0 Å². The van der Waals surface area contributed by atoms with Crippen LogP contribution >= 0.6 is 0 Å². The SMILES string of the molecule is CC(C)c1cc(-c2ccccc2)cc(C(C)C)c1-n1ccnc1-c1cccc(Oc2cccc(-n3c4ccccc4n4c5ccccc5nc34)c2)c1. The van der Waals surface area contributed by atoms with E-state index in [0.717, 1.165) is 56.4 Å². The normalized spacial score (nSPS) is 11.8. The van der Waals surface area contributed by atoms with E-state index in [-0.39, 0.29) is 0 Å². The highest BCUT2D eigenvalue weighted by Crippen LogP contribution is 2.39. The summed E-state index contributed by atoms with van der Waals surface area (Å²) >= 11 is 0. The Labute approximate surface area is 303 Å². The number of hydrogen-bond acceptors (Lipinski definition) is 3. The third-order valence-electron chi connectivity index (χ3n) is 9.91. The van der Waals surface area contributed by atoms with Crippen molar-refractivity contribution in [2.45, 2.75) is 39.5 Å². The molecule has 52 heavy (non-hydrogen) atoms. The van der Waals surface area contributed by atoms with E-state index in [4.69, 9.17) is 14.7 Å². The summed E-state index contributed by atoms with van der Waals surface area (Å²) in [5, 5.41) is 0. The monoisotopic (exact) mass is 677 g/mol. The van der Waals surface area contributed by atoms with Crippen LogP contribution in [0, 0.1) is 0 Å². The second kappa shape index (κ2) is 12.7. The van der Waals surface area contributed by atoms with Crippen molar-refractivity contribution < 1.29 is 4.74 Å². The van der Waals surface area contributed by atoms with Gasteiger partial charge in [0.1, 0.15) is 17.3 Å². The predicted octanol–water partition coefficient (Wildman–Crippen LogP) is 12.0. The maximum atomic E-state index is 6.60. The Morgan fingerprint density at radius 3 is 1.94 bits per heavy atom. The molecule has 9 rings (SSSR count). The molecule has 0 fully saturated rings. The quantitative estimate of drug-likeness (QED) is 0.161. The summed E-state index contributed by atoms with van der Waals surface area (Å²) in [6, 6.07) is 48.5. The molecular formula is C46H39N5O. The molecule has 0 N–H and O–H groups in total. The van der Waals surface area contributed by atoms with Crippen molar-refractivity contribution in [1.82, 2.24) is 23.5 Å². The van der Waals surface area contributed by atoms with Crippen molar-refractivity contribution in [2.24, 2.45) is 0 Å². The second-order valence-corrected chi connectivity index (χ2v) is 14.0. The molecule has 0 aliphatic heterocycles. The molecule has 0 unspecified atom stereocenters. The third kappa shape index (κ3) is 5.35. The average Bonchev–Trinajstić information content (AvgIpc) is 3.88. The molecule has 0 aliphatic carbocycles. The highest BCUT2D eigenvalue weighted by atomic mass is 16.5. The van der Waals surface area contributed by atoms with Gasteiger partial charge < -0.3 is 4.74 Å². The summed E-state index contributed by atoms with van der Waals surface area (Å²) < 4.78 is 13.3. The number of rotatable bonds is 8. The van der Waals surface area contributed by atoms with Crippen molar-refractivity contribution in [2.75, 3.05) is 0 Å². The number of benzene rings is 6. The fourth-order valence-electron chi connectivity index (χ4n) is 7.46. The third-order valence-corrected chi connectivity index (χ3v) is 9.91. The van der Waals surface area contributed by atoms with Gasteiger partial charge in [-0.15, -0.1) is 0 Å². The molecule has 0 atom stereocenters. The van der Waals surface area contributed by atoms with E-state index < -0.39 is 0 Å². The Kier molecular flexibility index (Phi) is 7.73. The summed E-state index contributed by atoms with van der Waals surface area (Å²) in [4.78, 5) is 9.96. The Balaban J connectivity index is 1.10. The van der Waals surface area contributed by atoms with Gasteiger partial charge in [-0.05, 0) is 94.8 Å². The first kappa shape index (κ1) is 31.6. The molecular weight excluding hydrogens is 639 g/mol. The van der Waals surface area contributed by atoms with Gasteiger partial charge in [-0.3, -0.25) is 13.5 Å². The van der Waals surface area contributed by atoms with Gasteiger partial charge in [0, 0.05) is 24.0 Å². The lowest BCUT2D eigenvalue weighted by molar-refractivity contribution is 0.482. The lowest BCUT2D eigenvalue weighted by Gasteiger charge is -2.24. The molecule has 6 heteroatoms. The average molecular weight is 678 g/mol. The second-order valence-electron chi connectivity index (χ2n) is 14.0. The molecule has 3 heterocycles. The standard InChI is InChI=1S/C46H39N5O/c1-30(2)38-27-34(32-14-6-5-7-15-32)28-39(31(3)4)44(38)49-25-24-47-45(49)33-16-12-18-36(26-33)52-37-19-13-17-35(29-37)50-42-22-10-11-23-43(42)51-41-21-9-8-20-40(41)48-46(50)51/h5-31H,1-4H3. The van der Waals surface area contributed by atoms with Gasteiger partial charge in [0.15, 0.2) is 0 Å². The van der Waals surface area contributed by atoms with Crippen molar-refractivity contribution in [3.05, 3.63) is 163 Å². The van der Waals surface area contributed by atoms with Gasteiger partial charge in [-0.2, -0.15) is 0 Å². The number of hydrogen-bond donors (Lipinski definition) is 0. The fourth-order valence-corrected chi connectivity index (χ4v) is 7.46. The Hall–Kier alpha value is -6.40. The number of fused-ring (bicyclic) bond motifs is 5. The Morgan fingerprint density at radius 1 is 0.558 bits per heavy atom. The van der Waals surface area contributed by atoms with Crippen LogP contribution < -0.4 is 4.74 Å². The number of aromatic nitrogens is 5. The van der Waals surface area contributed by atoms with Crippen molar-refractivity contribution in [3.63, 3.8) is 0 Å². The van der Waals surface area contributed by atoms with E-state index >= 15 is 0 Å². The van der Waals surface area contributed by atoms with Crippen molar-refractivity contribution >= 4 is 27.8 Å². The van der Waals surface area contributed by atoms with Crippen LogP contribution in [0.5, 0.6) is 11.5 Å². The molecule has 0 radical (unpaired) electrons. The van der Waals surface area contributed by atoms with E-state index in [9.17, 15) is 0 Å². The number of ether oxygens (including phenoxy) is 1. The Morgan fingerprint density at radius 2 is 1.19 bits per heavy atom. The molecule has 254 valence electrons. The number of nitrogens with zero attached hydrogens (tertiary/aromatic N) is 5. The van der Waals surface area contributed by atoms with Crippen LogP contribution in [-0.4, -0.2) is 23.5 Å². The largest absolute Gasteiger partial charge is 0.457 e. The van der Waals surface area contributed by atoms with Gasteiger partial charge in [0.2, 0.25) is 5.78 Å². The van der Waals surface area contributed by atoms with Crippen LogP contribution in [0.25, 0.3) is 61.7 Å². The first-order valence-electron chi connectivity index (χ1n) is 18.0. The maximum absolute atomic E-state index is 6.60. The van der Waals surface area contributed by atoms with Crippen molar-refractivity contribution in [3.8, 4) is 45.4 Å². The zero-order chi connectivity index (χ0) is 35.3. The number of imidazole rings is 3. The van der Waals surface area contributed by atoms with E-state index in [1.165, 1.54) is 27.9 Å². The number of para-hydroxylation sites is 4. The minimum Gasteiger partial charge on any atom is -0.457 e. The molecule has 3 aromatic heterocycles. The first-order valence-corrected chi connectivity index (χ1v) is 18.0. The summed E-state index contributed by atoms with van der Waals surface area (Å²) in [5.74, 6) is 3.85. The lowest BCUT2D eigenvalue weighted by Crippen LogP contribution is -2.08. The maximum Gasteiger partial charge on any atom is 0.220 e. The summed E-state index contributed by atoms with van der Waals surface area (Å²) in [7, 11) is 0. The van der Waals surface area contributed by atoms with Crippen LogP contribution in [0.2, 0.25) is 0 Å². The molecule has 6 nitrogen and oxygen atoms in total. The molecule has 0 saturated carbocycles. The van der Waals surface area contributed by atoms with Crippen LogP contribution in [0.3, 0.4) is 0 Å². The molecule has 0 amide bonds. The van der Waals surface area contributed by atoms with Gasteiger partial charge >= 0.3 is 0 Å². The lowest BCUT2D eigenvalue weighted by atomic mass is 9.88. The van der Waals surface area contributed by atoms with Gasteiger partial charge in [0.25, 0.3) is 0 Å². The zero-order valence-corrected chi connectivity index (χ0v) is 29.7. The summed E-state index contributed by atoms with van der Waals surface area (Å²) in [5.41, 5.74) is 12.5. The highest BCUT2D eigenvalue weighted by molar-refractivity contribution is 5.92. The van der Waals surface area contributed by atoms with Crippen LogP contribution in [-0.2, 0) is 0 Å². The topological polar surface area (TPSA) is 49.3 Å². The van der Waals surface area contributed by atoms with Crippen molar-refractivity contribution in [1.29, 1.82) is 0 Å². The minimum absolute atomic E-state index is 0.312. The minimum atomic E-state index is 0.312. The van der Waals surface area contributed by atoms with Gasteiger partial charge in [-0.25, -0.2) is 9.97 Å². The predicted molar refractivity (Wildman–Crippen MR) is 212 cm³/mol. The molecule has 6 aromatic carbocycles. The van der Waals surface area contributed by atoms with Gasteiger partial charge in [-0.1, -0.05) is 100 Å². The Bertz CT molecular complexity index is 2700. The summed E-state index contributed by atoms with van der Waals surface area (Å²) in [6.07, 6.45) is 3.98. The molecule has 0 bridgehead atoms. The van der Waals surface area contributed by atoms with Crippen LogP contribution in [0.4, 0.5) is 0 Å². The van der Waals surface area contributed by atoms with E-state index in [2.05, 4.69) is 157 Å². The van der Waals surface area contributed by atoms with Crippen LogP contribution in [0.15, 0.2) is 152 Å². The van der Waals surface area contributed by atoms with Gasteiger partial charge in [0.05, 0.1) is 33.4 Å². The van der Waals surface area contributed by atoms with E-state index in [1.807, 2.05) is 36.5 Å². The summed E-state index contributed by atoms with van der Waals surface area (Å²) in [6.45, 7) is 9.08. The highest BCUT2D eigenvalue weighted by Gasteiger charge is 2.22. The molecule has 9 aromatic rings. The molecule has 0 aliphatic rings. The van der Waals surface area contributed by atoms with E-state index in [0.29, 0.717) is 11.8 Å². The smallest absolute Gasteiger partial charge is 0.220 e. The molecule has 0 spiro atoms. The zero-order valence-electron chi connectivity index (χ0n) is 29.7. The fraction of sp³-hybridized carbons (Fsp3) is 0.130. The first-order chi connectivity index (χ1) is 25.4.